The Morgan fingerprint density at radius 1 is 1.38 bits per heavy atom. The molecule has 1 unspecified atom stereocenters. The van der Waals surface area contributed by atoms with E-state index in [0.29, 0.717) is 16.5 Å². The molecule has 4 nitrogen and oxygen atoms in total. The first-order valence-electron chi connectivity index (χ1n) is 7.18. The van der Waals surface area contributed by atoms with Crippen LogP contribution in [-0.4, -0.2) is 23.7 Å². The summed E-state index contributed by atoms with van der Waals surface area (Å²) in [4.78, 5) is 24.6. The summed E-state index contributed by atoms with van der Waals surface area (Å²) < 4.78 is 5.73. The number of hydrogen-bond donors (Lipinski definition) is 1. The van der Waals surface area contributed by atoms with Crippen LogP contribution in [-0.2, 0) is 19.7 Å². The van der Waals surface area contributed by atoms with Gasteiger partial charge in [-0.1, -0.05) is 53.4 Å². The molecule has 21 heavy (non-hydrogen) atoms. The van der Waals surface area contributed by atoms with Crippen molar-refractivity contribution in [2.75, 3.05) is 6.61 Å². The largest absolute Gasteiger partial charge is 0.480 e. The van der Waals surface area contributed by atoms with Gasteiger partial charge in [-0.3, -0.25) is 9.59 Å². The molecule has 114 valence electrons. The highest BCUT2D eigenvalue weighted by molar-refractivity contribution is 9.10. The van der Waals surface area contributed by atoms with E-state index < -0.39 is 17.4 Å². The van der Waals surface area contributed by atoms with E-state index in [1.165, 1.54) is 0 Å². The van der Waals surface area contributed by atoms with Crippen LogP contribution in [0.4, 0.5) is 0 Å². The fraction of sp³-hybridized carbons (Fsp3) is 0.500. The molecule has 5 heteroatoms. The van der Waals surface area contributed by atoms with Crippen molar-refractivity contribution in [1.29, 1.82) is 0 Å². The number of carboxylic acid groups (broad SMARTS) is 1. The molecule has 0 aromatic heterocycles. The van der Waals surface area contributed by atoms with Crippen LogP contribution < -0.4 is 0 Å². The van der Waals surface area contributed by atoms with Gasteiger partial charge in [-0.15, -0.1) is 0 Å². The van der Waals surface area contributed by atoms with Crippen LogP contribution in [0.5, 0.6) is 0 Å². The first kappa shape index (κ1) is 16.0. The summed E-state index contributed by atoms with van der Waals surface area (Å²) in [5, 5.41) is 9.85. The molecule has 1 aliphatic rings. The minimum absolute atomic E-state index is 0.170. The van der Waals surface area contributed by atoms with Crippen LogP contribution in [0, 0.1) is 5.92 Å². The van der Waals surface area contributed by atoms with E-state index in [1.54, 1.807) is 31.2 Å². The van der Waals surface area contributed by atoms with Crippen molar-refractivity contribution in [3.63, 3.8) is 0 Å². The molecule has 0 spiro atoms. The molecule has 1 saturated carbocycles. The van der Waals surface area contributed by atoms with Crippen LogP contribution in [0.25, 0.3) is 0 Å². The zero-order valence-corrected chi connectivity index (χ0v) is 13.6. The predicted molar refractivity (Wildman–Crippen MR) is 82.0 cm³/mol. The molecular weight excluding hydrogens is 336 g/mol. The van der Waals surface area contributed by atoms with Crippen LogP contribution in [0.15, 0.2) is 28.7 Å². The van der Waals surface area contributed by atoms with Gasteiger partial charge in [0, 0.05) is 4.47 Å². The van der Waals surface area contributed by atoms with E-state index >= 15 is 0 Å². The maximum atomic E-state index is 12.5. The van der Waals surface area contributed by atoms with E-state index in [9.17, 15) is 14.7 Å². The van der Waals surface area contributed by atoms with E-state index in [4.69, 9.17) is 4.74 Å². The predicted octanol–water partition coefficient (Wildman–Crippen LogP) is 3.52. The van der Waals surface area contributed by atoms with Gasteiger partial charge in [0.25, 0.3) is 0 Å². The van der Waals surface area contributed by atoms with Crippen molar-refractivity contribution in [3.8, 4) is 0 Å². The number of ether oxygens (including phenoxy) is 1. The van der Waals surface area contributed by atoms with Gasteiger partial charge in [0.1, 0.15) is 0 Å². The lowest BCUT2D eigenvalue weighted by atomic mass is 9.68. The first-order valence-corrected chi connectivity index (χ1v) is 7.97. The molecule has 0 aliphatic heterocycles. The second kappa shape index (κ2) is 6.60. The summed E-state index contributed by atoms with van der Waals surface area (Å²) in [7, 11) is 0. The van der Waals surface area contributed by atoms with Gasteiger partial charge in [0.2, 0.25) is 0 Å². The highest BCUT2D eigenvalue weighted by Gasteiger charge is 2.52. The second-order valence-electron chi connectivity index (χ2n) is 5.41. The maximum absolute atomic E-state index is 12.5. The third-order valence-corrected chi connectivity index (χ3v) is 4.83. The fourth-order valence-corrected chi connectivity index (χ4v) is 3.41. The SMILES string of the molecule is CCOC(=O)C(CC1CCC1)(C(=O)O)c1ccccc1Br. The Morgan fingerprint density at radius 2 is 2.05 bits per heavy atom. The molecular formula is C16H19BrO4. The van der Waals surface area contributed by atoms with Crippen LogP contribution in [0.3, 0.4) is 0 Å². The number of carboxylic acids is 1. The Bertz CT molecular complexity index is 539. The number of esters is 1. The Morgan fingerprint density at radius 3 is 2.52 bits per heavy atom. The van der Waals surface area contributed by atoms with Crippen LogP contribution in [0.1, 0.15) is 38.2 Å². The Labute approximate surface area is 132 Å². The second-order valence-corrected chi connectivity index (χ2v) is 6.27. The Balaban J connectivity index is 2.51. The minimum Gasteiger partial charge on any atom is -0.480 e. The average Bonchev–Trinajstić information content (AvgIpc) is 2.39. The van der Waals surface area contributed by atoms with Crippen molar-refractivity contribution in [2.24, 2.45) is 5.92 Å². The normalized spacial score (nSPS) is 17.6. The number of carbonyl (C=O) groups is 2. The molecule has 1 fully saturated rings. The topological polar surface area (TPSA) is 63.6 Å². The lowest BCUT2D eigenvalue weighted by Gasteiger charge is -2.35. The molecule has 0 amide bonds. The van der Waals surface area contributed by atoms with Gasteiger partial charge in [-0.2, -0.15) is 0 Å². The van der Waals surface area contributed by atoms with Crippen molar-refractivity contribution >= 4 is 27.9 Å². The standard InChI is InChI=1S/C16H19BrO4/c1-2-21-15(20)16(14(18)19,10-11-6-5-7-11)12-8-3-4-9-13(12)17/h3-4,8-9,11H,2,5-7,10H2,1H3,(H,18,19). The number of carbonyl (C=O) groups excluding carboxylic acids is 1. The van der Waals surface area contributed by atoms with E-state index in [2.05, 4.69) is 15.9 Å². The van der Waals surface area contributed by atoms with Gasteiger partial charge < -0.3 is 9.84 Å². The highest BCUT2D eigenvalue weighted by Crippen LogP contribution is 2.43. The van der Waals surface area contributed by atoms with E-state index in [0.717, 1.165) is 19.3 Å². The van der Waals surface area contributed by atoms with E-state index in [1.807, 2.05) is 0 Å². The van der Waals surface area contributed by atoms with Gasteiger partial charge in [-0.05, 0) is 30.9 Å². The maximum Gasteiger partial charge on any atom is 0.328 e. The summed E-state index contributed by atoms with van der Waals surface area (Å²) in [5.74, 6) is -1.55. The molecule has 1 N–H and O–H groups in total. The van der Waals surface area contributed by atoms with E-state index in [-0.39, 0.29) is 12.5 Å². The first-order chi connectivity index (χ1) is 10.0. The van der Waals surface area contributed by atoms with Gasteiger partial charge >= 0.3 is 11.9 Å². The number of rotatable bonds is 6. The number of hydrogen-bond acceptors (Lipinski definition) is 3. The average molecular weight is 355 g/mol. The highest BCUT2D eigenvalue weighted by atomic mass is 79.9. The quantitative estimate of drug-likeness (QED) is 0.626. The fourth-order valence-electron chi connectivity index (χ4n) is 2.78. The molecule has 1 atom stereocenters. The monoisotopic (exact) mass is 354 g/mol. The molecule has 1 aromatic rings. The Hall–Kier alpha value is -1.36. The van der Waals surface area contributed by atoms with Crippen LogP contribution in [0.2, 0.25) is 0 Å². The summed E-state index contributed by atoms with van der Waals surface area (Å²) >= 11 is 3.38. The lowest BCUT2D eigenvalue weighted by molar-refractivity contribution is -0.163. The molecule has 0 heterocycles. The molecule has 0 radical (unpaired) electrons. The molecule has 0 bridgehead atoms. The van der Waals surface area contributed by atoms with Gasteiger partial charge in [0.15, 0.2) is 5.41 Å². The van der Waals surface area contributed by atoms with Crippen molar-refractivity contribution in [1.82, 2.24) is 0 Å². The third kappa shape index (κ3) is 2.98. The molecule has 1 aromatic carbocycles. The van der Waals surface area contributed by atoms with Gasteiger partial charge in [-0.25, -0.2) is 0 Å². The zero-order valence-electron chi connectivity index (χ0n) is 12.0. The number of halogens is 1. The van der Waals surface area contributed by atoms with Crippen LogP contribution >= 0.6 is 15.9 Å². The summed E-state index contributed by atoms with van der Waals surface area (Å²) in [5.41, 5.74) is -1.15. The number of benzene rings is 1. The van der Waals surface area contributed by atoms with Crippen molar-refractivity contribution < 1.29 is 19.4 Å². The lowest BCUT2D eigenvalue weighted by Crippen LogP contribution is -2.47. The molecule has 2 rings (SSSR count). The van der Waals surface area contributed by atoms with Crippen molar-refractivity contribution in [2.45, 2.75) is 38.0 Å². The molecule has 0 saturated heterocycles. The summed E-state index contributed by atoms with van der Waals surface area (Å²) in [6.45, 7) is 1.86. The van der Waals surface area contributed by atoms with Gasteiger partial charge in [0.05, 0.1) is 6.61 Å². The third-order valence-electron chi connectivity index (χ3n) is 4.14. The smallest absolute Gasteiger partial charge is 0.328 e. The Kier molecular flexibility index (Phi) is 5.04. The summed E-state index contributed by atoms with van der Waals surface area (Å²) in [6, 6.07) is 6.99. The zero-order chi connectivity index (χ0) is 15.5. The minimum atomic E-state index is -1.62. The van der Waals surface area contributed by atoms with Crippen molar-refractivity contribution in [3.05, 3.63) is 34.3 Å². The summed E-state index contributed by atoms with van der Waals surface area (Å²) in [6.07, 6.45) is 3.33. The number of aliphatic carboxylic acids is 1. The molecule has 1 aliphatic carbocycles.